The van der Waals surface area contributed by atoms with Crippen LogP contribution in [0, 0.1) is 6.92 Å². The van der Waals surface area contributed by atoms with Crippen LogP contribution in [0.1, 0.15) is 5.69 Å². The molecule has 1 aromatic heterocycles. The first-order valence-corrected chi connectivity index (χ1v) is 3.25. The van der Waals surface area contributed by atoms with Crippen LogP contribution in [-0.2, 0) is 7.05 Å². The number of hydrogen-bond acceptors (Lipinski definition) is 4. The second kappa shape index (κ2) is 2.69. The van der Waals surface area contributed by atoms with Crippen LogP contribution in [0.2, 0.25) is 0 Å². The number of aryl methyl sites for hydroxylation is 2. The Balaban J connectivity index is 3.32. The number of nitrogens with zero attached hydrogens (tertiary/aromatic N) is 3. The molecule has 5 nitrogen and oxygen atoms in total. The number of anilines is 1. The Morgan fingerprint density at radius 2 is 2.18 bits per heavy atom. The van der Waals surface area contributed by atoms with Gasteiger partial charge >= 0.3 is 0 Å². The molecular formula is C6H10N4O. The molecule has 0 spiro atoms. The lowest BCUT2D eigenvalue weighted by Crippen LogP contribution is -2.20. The van der Waals surface area contributed by atoms with Gasteiger partial charge in [0.1, 0.15) is 5.69 Å². The summed E-state index contributed by atoms with van der Waals surface area (Å²) in [5.41, 5.74) is 0.124. The fourth-order valence-corrected chi connectivity index (χ4v) is 0.782. The van der Waals surface area contributed by atoms with Crippen molar-refractivity contribution in [3.63, 3.8) is 0 Å². The van der Waals surface area contributed by atoms with Crippen LogP contribution < -0.4 is 10.9 Å². The van der Waals surface area contributed by atoms with Crippen LogP contribution in [0.4, 0.5) is 5.95 Å². The molecule has 0 atom stereocenters. The van der Waals surface area contributed by atoms with E-state index in [0.717, 1.165) is 0 Å². The molecule has 0 bridgehead atoms. The van der Waals surface area contributed by atoms with Gasteiger partial charge in [0.15, 0.2) is 0 Å². The Kier molecular flexibility index (Phi) is 1.89. The summed E-state index contributed by atoms with van der Waals surface area (Å²) in [5.74, 6) is 0.473. The van der Waals surface area contributed by atoms with Crippen molar-refractivity contribution >= 4 is 5.95 Å². The Labute approximate surface area is 64.1 Å². The Bertz CT molecular complexity index is 317. The monoisotopic (exact) mass is 154 g/mol. The zero-order valence-electron chi connectivity index (χ0n) is 6.75. The van der Waals surface area contributed by atoms with Crippen LogP contribution in [0.25, 0.3) is 0 Å². The Hall–Kier alpha value is -1.39. The van der Waals surface area contributed by atoms with E-state index in [-0.39, 0.29) is 5.56 Å². The number of hydrogen-bond donors (Lipinski definition) is 1. The maximum Gasteiger partial charge on any atom is 0.296 e. The van der Waals surface area contributed by atoms with Crippen LogP contribution in [0.3, 0.4) is 0 Å². The highest BCUT2D eigenvalue weighted by atomic mass is 16.1. The highest BCUT2D eigenvalue weighted by Gasteiger charge is 2.00. The molecule has 0 unspecified atom stereocenters. The average molecular weight is 154 g/mol. The third kappa shape index (κ3) is 1.36. The minimum atomic E-state index is -0.285. The lowest BCUT2D eigenvalue weighted by Gasteiger charge is -2.04. The van der Waals surface area contributed by atoms with Crippen molar-refractivity contribution in [2.75, 3.05) is 12.4 Å². The molecule has 0 aliphatic heterocycles. The number of nitrogens with one attached hydrogen (secondary N) is 1. The smallest absolute Gasteiger partial charge is 0.296 e. The van der Waals surface area contributed by atoms with Gasteiger partial charge in [-0.15, -0.1) is 0 Å². The minimum absolute atomic E-state index is 0.285. The molecule has 60 valence electrons. The fourth-order valence-electron chi connectivity index (χ4n) is 0.782. The van der Waals surface area contributed by atoms with Crippen molar-refractivity contribution in [1.82, 2.24) is 14.8 Å². The molecule has 1 aromatic rings. The largest absolute Gasteiger partial charge is 0.357 e. The summed E-state index contributed by atoms with van der Waals surface area (Å²) >= 11 is 0. The third-order valence-electron chi connectivity index (χ3n) is 1.35. The molecule has 1 N–H and O–H groups in total. The van der Waals surface area contributed by atoms with Gasteiger partial charge in [0, 0.05) is 14.1 Å². The Morgan fingerprint density at radius 1 is 1.55 bits per heavy atom. The van der Waals surface area contributed by atoms with Crippen LogP contribution in [0.15, 0.2) is 4.79 Å². The summed E-state index contributed by atoms with van der Waals surface area (Å²) in [7, 11) is 3.42. The van der Waals surface area contributed by atoms with Gasteiger partial charge in [-0.1, -0.05) is 0 Å². The van der Waals surface area contributed by atoms with E-state index in [2.05, 4.69) is 15.4 Å². The molecule has 0 saturated carbocycles. The van der Waals surface area contributed by atoms with Gasteiger partial charge in [0.25, 0.3) is 5.56 Å². The number of aromatic nitrogens is 3. The molecule has 5 heteroatoms. The Morgan fingerprint density at radius 3 is 2.73 bits per heavy atom. The van der Waals surface area contributed by atoms with E-state index >= 15 is 0 Å². The van der Waals surface area contributed by atoms with E-state index < -0.39 is 0 Å². The highest BCUT2D eigenvalue weighted by Crippen LogP contribution is 1.92. The lowest BCUT2D eigenvalue weighted by molar-refractivity contribution is 0.697. The quantitative estimate of drug-likeness (QED) is 0.593. The molecule has 0 fully saturated rings. The van der Waals surface area contributed by atoms with Crippen molar-refractivity contribution < 1.29 is 0 Å². The molecule has 11 heavy (non-hydrogen) atoms. The molecular weight excluding hydrogens is 144 g/mol. The van der Waals surface area contributed by atoms with E-state index in [1.165, 1.54) is 4.68 Å². The maximum atomic E-state index is 10.9. The van der Waals surface area contributed by atoms with Crippen LogP contribution >= 0.6 is 0 Å². The first-order chi connectivity index (χ1) is 5.15. The normalized spacial score (nSPS) is 9.73. The SMILES string of the molecule is CNc1nc(=O)c(C)nn1C. The van der Waals surface area contributed by atoms with Crippen molar-refractivity contribution in [2.24, 2.45) is 7.05 Å². The highest BCUT2D eigenvalue weighted by molar-refractivity contribution is 5.21. The molecule has 0 saturated heterocycles. The van der Waals surface area contributed by atoms with Crippen molar-refractivity contribution in [3.8, 4) is 0 Å². The van der Waals surface area contributed by atoms with Crippen LogP contribution in [0.5, 0.6) is 0 Å². The van der Waals surface area contributed by atoms with Gasteiger partial charge in [-0.2, -0.15) is 10.1 Å². The lowest BCUT2D eigenvalue weighted by atomic mass is 10.5. The summed E-state index contributed by atoms with van der Waals surface area (Å²) in [5, 5.41) is 6.68. The first kappa shape index (κ1) is 7.71. The average Bonchev–Trinajstić information content (AvgIpc) is 1.97. The van der Waals surface area contributed by atoms with Gasteiger partial charge in [0.05, 0.1) is 0 Å². The summed E-state index contributed by atoms with van der Waals surface area (Å²) in [4.78, 5) is 14.6. The molecule has 1 rings (SSSR count). The topological polar surface area (TPSA) is 59.8 Å². The fraction of sp³-hybridized carbons (Fsp3) is 0.500. The van der Waals surface area contributed by atoms with E-state index in [1.54, 1.807) is 21.0 Å². The van der Waals surface area contributed by atoms with Gasteiger partial charge in [-0.25, -0.2) is 4.68 Å². The molecule has 0 amide bonds. The molecule has 0 radical (unpaired) electrons. The van der Waals surface area contributed by atoms with E-state index in [4.69, 9.17) is 0 Å². The van der Waals surface area contributed by atoms with Gasteiger partial charge < -0.3 is 5.32 Å². The van der Waals surface area contributed by atoms with E-state index in [9.17, 15) is 4.79 Å². The maximum absolute atomic E-state index is 10.9. The summed E-state index contributed by atoms with van der Waals surface area (Å²) in [6.45, 7) is 1.63. The summed E-state index contributed by atoms with van der Waals surface area (Å²) in [6.07, 6.45) is 0. The van der Waals surface area contributed by atoms with Crippen molar-refractivity contribution in [1.29, 1.82) is 0 Å². The van der Waals surface area contributed by atoms with E-state index in [0.29, 0.717) is 11.6 Å². The van der Waals surface area contributed by atoms with Crippen LogP contribution in [-0.4, -0.2) is 21.8 Å². The zero-order chi connectivity index (χ0) is 8.43. The predicted molar refractivity (Wildman–Crippen MR) is 41.6 cm³/mol. The number of rotatable bonds is 1. The zero-order valence-corrected chi connectivity index (χ0v) is 6.75. The first-order valence-electron chi connectivity index (χ1n) is 3.25. The molecule has 0 aliphatic carbocycles. The third-order valence-corrected chi connectivity index (χ3v) is 1.35. The predicted octanol–water partition coefficient (Wildman–Crippen LogP) is -0.475. The second-order valence-corrected chi connectivity index (χ2v) is 2.20. The molecule has 0 aliphatic rings. The van der Waals surface area contributed by atoms with Gasteiger partial charge in [0.2, 0.25) is 5.95 Å². The second-order valence-electron chi connectivity index (χ2n) is 2.20. The molecule has 0 aromatic carbocycles. The standard InChI is InChI=1S/C6H10N4O/c1-4-5(11)8-6(7-2)10(3)9-4/h1-3H3,(H,7,8,11). The van der Waals surface area contributed by atoms with Crippen molar-refractivity contribution in [2.45, 2.75) is 6.92 Å². The molecule has 1 heterocycles. The summed E-state index contributed by atoms with van der Waals surface area (Å²) < 4.78 is 1.52. The van der Waals surface area contributed by atoms with Crippen molar-refractivity contribution in [3.05, 3.63) is 16.0 Å². The minimum Gasteiger partial charge on any atom is -0.357 e. The van der Waals surface area contributed by atoms with E-state index in [1.807, 2.05) is 0 Å². The summed E-state index contributed by atoms with van der Waals surface area (Å²) in [6, 6.07) is 0. The van der Waals surface area contributed by atoms with Gasteiger partial charge in [-0.3, -0.25) is 4.79 Å². The van der Waals surface area contributed by atoms with Gasteiger partial charge in [-0.05, 0) is 6.92 Å².